The van der Waals surface area contributed by atoms with Crippen molar-refractivity contribution in [2.45, 2.75) is 52.5 Å². The summed E-state index contributed by atoms with van der Waals surface area (Å²) in [6, 6.07) is -0.0299. The molecule has 0 spiro atoms. The van der Waals surface area contributed by atoms with Gasteiger partial charge in [-0.25, -0.2) is 4.79 Å². The van der Waals surface area contributed by atoms with Crippen molar-refractivity contribution in [3.63, 3.8) is 0 Å². The smallest absolute Gasteiger partial charge is 0.315 e. The molecule has 0 heterocycles. The van der Waals surface area contributed by atoms with Crippen molar-refractivity contribution in [3.05, 3.63) is 0 Å². The zero-order chi connectivity index (χ0) is 14.4. The summed E-state index contributed by atoms with van der Waals surface area (Å²) in [5.74, 6) is -0.213. The summed E-state index contributed by atoms with van der Waals surface area (Å²) < 4.78 is 0. The Kier molecular flexibility index (Phi) is 6.12. The van der Waals surface area contributed by atoms with E-state index in [1.54, 1.807) is 0 Å². The second kappa shape index (κ2) is 7.36. The summed E-state index contributed by atoms with van der Waals surface area (Å²) in [6.45, 7) is 6.50. The van der Waals surface area contributed by atoms with Gasteiger partial charge in [-0.3, -0.25) is 4.79 Å². The fourth-order valence-corrected chi connectivity index (χ4v) is 2.67. The molecule has 0 radical (unpaired) electrons. The van der Waals surface area contributed by atoms with Gasteiger partial charge in [-0.15, -0.1) is 0 Å². The van der Waals surface area contributed by atoms with Gasteiger partial charge in [0.1, 0.15) is 0 Å². The van der Waals surface area contributed by atoms with Gasteiger partial charge in [0.2, 0.25) is 0 Å². The maximum Gasteiger partial charge on any atom is 0.315 e. The van der Waals surface area contributed by atoms with Gasteiger partial charge in [-0.05, 0) is 31.1 Å². The quantitative estimate of drug-likeness (QED) is 0.692. The van der Waals surface area contributed by atoms with Crippen LogP contribution in [-0.2, 0) is 4.79 Å². The van der Waals surface area contributed by atoms with Crippen molar-refractivity contribution in [1.29, 1.82) is 0 Å². The molecule has 1 fully saturated rings. The van der Waals surface area contributed by atoms with Crippen molar-refractivity contribution in [3.8, 4) is 0 Å². The molecule has 0 saturated heterocycles. The number of carboxylic acid groups (broad SMARTS) is 1. The van der Waals surface area contributed by atoms with Gasteiger partial charge in [0.05, 0.1) is 5.92 Å². The topological polar surface area (TPSA) is 78.4 Å². The molecule has 0 bridgehead atoms. The number of aliphatic carboxylic acids is 1. The van der Waals surface area contributed by atoms with E-state index in [1.165, 1.54) is 0 Å². The van der Waals surface area contributed by atoms with E-state index in [1.807, 2.05) is 6.92 Å². The molecule has 5 heteroatoms. The minimum atomic E-state index is -0.843. The van der Waals surface area contributed by atoms with Crippen molar-refractivity contribution in [2.24, 2.45) is 17.8 Å². The average Bonchev–Trinajstić information content (AvgIpc) is 2.66. The van der Waals surface area contributed by atoms with Crippen molar-refractivity contribution in [1.82, 2.24) is 10.6 Å². The molecule has 3 N–H and O–H groups in total. The highest BCUT2D eigenvalue weighted by Gasteiger charge is 2.30. The van der Waals surface area contributed by atoms with Gasteiger partial charge in [-0.2, -0.15) is 0 Å². The number of carbonyl (C=O) groups excluding carboxylic acids is 1. The van der Waals surface area contributed by atoms with Crippen LogP contribution in [0.1, 0.15) is 46.5 Å². The summed E-state index contributed by atoms with van der Waals surface area (Å²) >= 11 is 0. The standard InChI is InChI=1S/C14H26N2O3/c1-4-5-11(13(17)18)8-15-14(19)16-12-7-6-9(2)10(12)3/h9-12H,4-8H2,1-3H3,(H,17,18)(H2,15,16,19). The lowest BCUT2D eigenvalue weighted by molar-refractivity contribution is -0.141. The highest BCUT2D eigenvalue weighted by molar-refractivity contribution is 5.76. The first-order valence-electron chi connectivity index (χ1n) is 7.22. The molecule has 4 unspecified atom stereocenters. The van der Waals surface area contributed by atoms with Gasteiger partial charge < -0.3 is 15.7 Å². The molecular formula is C14H26N2O3. The second-order valence-electron chi connectivity index (χ2n) is 5.70. The van der Waals surface area contributed by atoms with E-state index in [4.69, 9.17) is 5.11 Å². The lowest BCUT2D eigenvalue weighted by atomic mass is 9.98. The molecule has 4 atom stereocenters. The summed E-state index contributed by atoms with van der Waals surface area (Å²) in [4.78, 5) is 22.7. The van der Waals surface area contributed by atoms with Crippen LogP contribution in [0.3, 0.4) is 0 Å². The summed E-state index contributed by atoms with van der Waals surface area (Å²) in [7, 11) is 0. The number of amides is 2. The molecule has 1 rings (SSSR count). The molecule has 2 amide bonds. The molecule has 110 valence electrons. The normalized spacial score (nSPS) is 27.8. The van der Waals surface area contributed by atoms with E-state index in [0.29, 0.717) is 18.3 Å². The summed E-state index contributed by atoms with van der Waals surface area (Å²) in [5.41, 5.74) is 0. The Morgan fingerprint density at radius 3 is 2.47 bits per heavy atom. The van der Waals surface area contributed by atoms with Gasteiger partial charge in [0, 0.05) is 12.6 Å². The van der Waals surface area contributed by atoms with E-state index >= 15 is 0 Å². The number of carbonyl (C=O) groups is 2. The van der Waals surface area contributed by atoms with Crippen molar-refractivity contribution >= 4 is 12.0 Å². The first-order chi connectivity index (χ1) is 8.95. The number of hydrogen-bond donors (Lipinski definition) is 3. The molecule has 1 saturated carbocycles. The minimum Gasteiger partial charge on any atom is -0.481 e. The predicted molar refractivity (Wildman–Crippen MR) is 73.9 cm³/mol. The fourth-order valence-electron chi connectivity index (χ4n) is 2.67. The molecule has 19 heavy (non-hydrogen) atoms. The molecule has 0 aliphatic heterocycles. The monoisotopic (exact) mass is 270 g/mol. The Hall–Kier alpha value is -1.26. The van der Waals surface area contributed by atoms with Gasteiger partial charge in [0.15, 0.2) is 0 Å². The van der Waals surface area contributed by atoms with E-state index in [2.05, 4.69) is 24.5 Å². The van der Waals surface area contributed by atoms with Crippen LogP contribution in [0.2, 0.25) is 0 Å². The molecule has 1 aliphatic carbocycles. The Morgan fingerprint density at radius 2 is 2.00 bits per heavy atom. The number of hydrogen-bond acceptors (Lipinski definition) is 2. The van der Waals surface area contributed by atoms with Crippen LogP contribution >= 0.6 is 0 Å². The lowest BCUT2D eigenvalue weighted by Crippen LogP contribution is -2.45. The maximum atomic E-state index is 11.8. The Morgan fingerprint density at radius 1 is 1.32 bits per heavy atom. The molecular weight excluding hydrogens is 244 g/mol. The zero-order valence-electron chi connectivity index (χ0n) is 12.1. The van der Waals surface area contributed by atoms with E-state index < -0.39 is 11.9 Å². The van der Waals surface area contributed by atoms with Crippen LogP contribution in [0.5, 0.6) is 0 Å². The first kappa shape index (κ1) is 15.8. The van der Waals surface area contributed by atoms with Gasteiger partial charge in [-0.1, -0.05) is 27.2 Å². The highest BCUT2D eigenvalue weighted by Crippen LogP contribution is 2.30. The van der Waals surface area contributed by atoms with E-state index in [0.717, 1.165) is 19.3 Å². The third-order valence-corrected chi connectivity index (χ3v) is 4.28. The molecule has 1 aliphatic rings. The van der Waals surface area contributed by atoms with Crippen LogP contribution in [0, 0.1) is 17.8 Å². The number of carboxylic acids is 1. The molecule has 0 aromatic heterocycles. The highest BCUT2D eigenvalue weighted by atomic mass is 16.4. The van der Waals surface area contributed by atoms with Crippen molar-refractivity contribution in [2.75, 3.05) is 6.54 Å². The van der Waals surface area contributed by atoms with Crippen molar-refractivity contribution < 1.29 is 14.7 Å². The van der Waals surface area contributed by atoms with Gasteiger partial charge >= 0.3 is 12.0 Å². The summed E-state index contributed by atoms with van der Waals surface area (Å²) in [5, 5.41) is 14.6. The average molecular weight is 270 g/mol. The minimum absolute atomic E-state index is 0.200. The number of urea groups is 1. The number of rotatable bonds is 6. The second-order valence-corrected chi connectivity index (χ2v) is 5.70. The zero-order valence-corrected chi connectivity index (χ0v) is 12.1. The first-order valence-corrected chi connectivity index (χ1v) is 7.22. The fraction of sp³-hybridized carbons (Fsp3) is 0.857. The van der Waals surface area contributed by atoms with E-state index in [9.17, 15) is 9.59 Å². The van der Waals surface area contributed by atoms with Gasteiger partial charge in [0.25, 0.3) is 0 Å². The lowest BCUT2D eigenvalue weighted by Gasteiger charge is -2.20. The molecule has 0 aromatic rings. The largest absolute Gasteiger partial charge is 0.481 e. The molecule has 0 aromatic carbocycles. The van der Waals surface area contributed by atoms with Crippen LogP contribution < -0.4 is 10.6 Å². The Labute approximate surface area is 115 Å². The van der Waals surface area contributed by atoms with E-state index in [-0.39, 0.29) is 18.6 Å². The Balaban J connectivity index is 2.33. The SMILES string of the molecule is CCCC(CNC(=O)NC1CCC(C)C1C)C(=O)O. The summed E-state index contributed by atoms with van der Waals surface area (Å²) in [6.07, 6.45) is 3.54. The van der Waals surface area contributed by atoms with Crippen LogP contribution in [0.4, 0.5) is 4.79 Å². The number of nitrogens with one attached hydrogen (secondary N) is 2. The third kappa shape index (κ3) is 4.73. The Bertz CT molecular complexity index is 320. The van der Waals surface area contributed by atoms with Crippen LogP contribution in [0.15, 0.2) is 0 Å². The third-order valence-electron chi connectivity index (χ3n) is 4.28. The molecule has 5 nitrogen and oxygen atoms in total. The predicted octanol–water partition coefficient (Wildman–Crippen LogP) is 2.22. The maximum absolute atomic E-state index is 11.8. The van der Waals surface area contributed by atoms with Crippen LogP contribution in [0.25, 0.3) is 0 Å². The van der Waals surface area contributed by atoms with Crippen LogP contribution in [-0.4, -0.2) is 29.7 Å².